The second-order valence-electron chi connectivity index (χ2n) is 8.58. The van der Waals surface area contributed by atoms with Crippen molar-refractivity contribution in [2.75, 3.05) is 6.61 Å². The third-order valence-electron chi connectivity index (χ3n) is 5.97. The fourth-order valence-electron chi connectivity index (χ4n) is 4.10. The van der Waals surface area contributed by atoms with Crippen LogP contribution in [0.15, 0.2) is 48.5 Å². The molecule has 0 saturated carbocycles. The molecule has 1 aromatic heterocycles. The average molecular weight is 525 g/mol. The number of nitrogens with zero attached hydrogens (tertiary/aromatic N) is 3. The molecule has 1 aliphatic heterocycles. The van der Waals surface area contributed by atoms with Crippen LogP contribution in [0.4, 0.5) is 26.3 Å². The number of rotatable bonds is 7. The number of hydrogen-bond donors (Lipinski definition) is 2. The Hall–Kier alpha value is -3.90. The molecule has 2 N–H and O–H groups in total. The number of amides is 1. The third kappa shape index (κ3) is 5.59. The number of carbonyl (C=O) groups is 1. The van der Waals surface area contributed by atoms with Crippen LogP contribution in [0, 0.1) is 6.92 Å². The Kier molecular flexibility index (Phi) is 6.98. The molecular weight excluding hydrogens is 504 g/mol. The van der Waals surface area contributed by atoms with Gasteiger partial charge < -0.3 is 10.1 Å². The van der Waals surface area contributed by atoms with E-state index in [1.165, 1.54) is 12.1 Å². The molecule has 3 aromatic rings. The number of hydrogen-bond acceptors (Lipinski definition) is 5. The number of alkyl halides is 6. The molecule has 0 bridgehead atoms. The summed E-state index contributed by atoms with van der Waals surface area (Å²) in [6, 6.07) is 11.4. The van der Waals surface area contributed by atoms with Crippen molar-refractivity contribution in [3.63, 3.8) is 0 Å². The smallest absolute Gasteiger partial charge is 0.416 e. The van der Waals surface area contributed by atoms with Gasteiger partial charge in [-0.1, -0.05) is 42.0 Å². The zero-order chi connectivity index (χ0) is 26.8. The molecule has 1 amide bonds. The zero-order valence-corrected chi connectivity index (χ0v) is 19.4. The second-order valence-corrected chi connectivity index (χ2v) is 8.58. The van der Waals surface area contributed by atoms with Crippen molar-refractivity contribution in [2.45, 2.75) is 44.1 Å². The van der Waals surface area contributed by atoms with Crippen LogP contribution < -0.4 is 10.1 Å². The average Bonchev–Trinajstić information content (AvgIpc) is 3.35. The first-order chi connectivity index (χ1) is 17.4. The summed E-state index contributed by atoms with van der Waals surface area (Å²) < 4.78 is 86.3. The number of carbonyl (C=O) groups excluding carboxylic acids is 1. The van der Waals surface area contributed by atoms with Crippen molar-refractivity contribution in [2.24, 2.45) is 0 Å². The fourth-order valence-corrected chi connectivity index (χ4v) is 4.10. The summed E-state index contributed by atoms with van der Waals surface area (Å²) in [5.74, 6) is -1.08. The first-order valence-corrected chi connectivity index (χ1v) is 11.1. The normalized spacial score (nSPS) is 18.6. The highest BCUT2D eigenvalue weighted by Crippen LogP contribution is 2.49. The molecule has 4 rings (SSSR count). The molecule has 37 heavy (non-hydrogen) atoms. The van der Waals surface area contributed by atoms with E-state index in [9.17, 15) is 31.1 Å². The van der Waals surface area contributed by atoms with Gasteiger partial charge in [-0.15, -0.1) is 10.2 Å². The molecule has 0 unspecified atom stereocenters. The van der Waals surface area contributed by atoms with Crippen LogP contribution in [0.5, 0.6) is 5.75 Å². The standard InChI is InChI=1S/C24H21F6N5O2/c1-14-3-5-15(6-4-14)18-13-22(24(28,29)30,31-21(36)19(18)20-32-34-35-33-20)16-7-9-17(10-8-16)37-12-2-11-23(25,26)27/h3-10H,2,11-13H2,1H3,(H,31,36)(H,32,33,34,35)/t22-/m0/s1. The van der Waals surface area contributed by atoms with Gasteiger partial charge in [-0.25, -0.2) is 0 Å². The molecule has 1 aliphatic rings. The number of benzene rings is 2. The Morgan fingerprint density at radius 1 is 1.00 bits per heavy atom. The van der Waals surface area contributed by atoms with Gasteiger partial charge in [-0.05, 0) is 47.4 Å². The summed E-state index contributed by atoms with van der Waals surface area (Å²) in [6.07, 6.45) is -11.2. The Labute approximate surface area is 206 Å². The summed E-state index contributed by atoms with van der Waals surface area (Å²) in [4.78, 5) is 13.2. The molecule has 1 atom stereocenters. The van der Waals surface area contributed by atoms with Gasteiger partial charge >= 0.3 is 12.4 Å². The lowest BCUT2D eigenvalue weighted by molar-refractivity contribution is -0.201. The minimum Gasteiger partial charge on any atom is -0.494 e. The number of aromatic amines is 1. The van der Waals surface area contributed by atoms with E-state index >= 15 is 0 Å². The number of aryl methyl sites for hydroxylation is 1. The van der Waals surface area contributed by atoms with Gasteiger partial charge in [0.15, 0.2) is 5.54 Å². The van der Waals surface area contributed by atoms with Crippen molar-refractivity contribution >= 4 is 17.1 Å². The first kappa shape index (κ1) is 26.2. The van der Waals surface area contributed by atoms with Crippen molar-refractivity contribution in [1.82, 2.24) is 25.9 Å². The Morgan fingerprint density at radius 2 is 1.68 bits per heavy atom. The quantitative estimate of drug-likeness (QED) is 0.330. The maximum Gasteiger partial charge on any atom is 0.416 e. The minimum atomic E-state index is -4.92. The molecule has 0 fully saturated rings. The van der Waals surface area contributed by atoms with E-state index < -0.39 is 36.6 Å². The number of halogens is 6. The van der Waals surface area contributed by atoms with Crippen LogP contribution in [-0.4, -0.2) is 45.5 Å². The summed E-state index contributed by atoms with van der Waals surface area (Å²) in [5, 5.41) is 15.3. The number of aromatic nitrogens is 4. The Bertz CT molecular complexity index is 1270. The molecule has 0 radical (unpaired) electrons. The van der Waals surface area contributed by atoms with E-state index in [0.29, 0.717) is 5.56 Å². The van der Waals surface area contributed by atoms with E-state index in [2.05, 4.69) is 25.9 Å². The minimum absolute atomic E-state index is 0.0787. The third-order valence-corrected chi connectivity index (χ3v) is 5.97. The summed E-state index contributed by atoms with van der Waals surface area (Å²) in [7, 11) is 0. The monoisotopic (exact) mass is 525 g/mol. The first-order valence-electron chi connectivity index (χ1n) is 11.1. The van der Waals surface area contributed by atoms with Crippen LogP contribution in [0.1, 0.15) is 41.8 Å². The van der Waals surface area contributed by atoms with Crippen molar-refractivity contribution in [1.29, 1.82) is 0 Å². The Morgan fingerprint density at radius 3 is 2.24 bits per heavy atom. The molecule has 2 heterocycles. The van der Waals surface area contributed by atoms with Gasteiger partial charge in [0.25, 0.3) is 5.91 Å². The number of H-pyrrole nitrogens is 1. The van der Waals surface area contributed by atoms with Gasteiger partial charge in [0.05, 0.1) is 12.2 Å². The molecule has 0 spiro atoms. The van der Waals surface area contributed by atoms with E-state index in [1.54, 1.807) is 24.3 Å². The molecule has 7 nitrogen and oxygen atoms in total. The van der Waals surface area contributed by atoms with Crippen molar-refractivity contribution in [3.8, 4) is 5.75 Å². The van der Waals surface area contributed by atoms with Crippen molar-refractivity contribution in [3.05, 3.63) is 71.0 Å². The largest absolute Gasteiger partial charge is 0.494 e. The molecular formula is C24H21F6N5O2. The maximum absolute atomic E-state index is 14.7. The van der Waals surface area contributed by atoms with E-state index in [4.69, 9.17) is 4.74 Å². The number of ether oxygens (including phenoxy) is 1. The SMILES string of the molecule is Cc1ccc(C2=C(c3nn[nH]n3)C(=O)N[C@@](c3ccc(OCCCC(F)(F)F)cc3)(C(F)(F)F)C2)cc1. The van der Waals surface area contributed by atoms with Gasteiger partial charge in [-0.2, -0.15) is 31.6 Å². The number of tetrazole rings is 1. The van der Waals surface area contributed by atoms with Gasteiger partial charge in [0, 0.05) is 12.8 Å². The molecule has 0 saturated heterocycles. The van der Waals surface area contributed by atoms with Gasteiger partial charge in [0.1, 0.15) is 5.75 Å². The molecule has 0 aliphatic carbocycles. The highest BCUT2D eigenvalue weighted by molar-refractivity contribution is 6.27. The van der Waals surface area contributed by atoms with Crippen LogP contribution in [0.2, 0.25) is 0 Å². The highest BCUT2D eigenvalue weighted by atomic mass is 19.4. The van der Waals surface area contributed by atoms with Crippen LogP contribution in [-0.2, 0) is 10.3 Å². The maximum atomic E-state index is 14.7. The fraction of sp³-hybridized carbons (Fsp3) is 0.333. The summed E-state index contributed by atoms with van der Waals surface area (Å²) >= 11 is 0. The second kappa shape index (κ2) is 9.87. The molecule has 2 aromatic carbocycles. The lowest BCUT2D eigenvalue weighted by Crippen LogP contribution is -2.58. The predicted octanol–water partition coefficient (Wildman–Crippen LogP) is 5.12. The topological polar surface area (TPSA) is 92.8 Å². The van der Waals surface area contributed by atoms with Crippen LogP contribution in [0.3, 0.4) is 0 Å². The highest BCUT2D eigenvalue weighted by Gasteiger charge is 2.59. The van der Waals surface area contributed by atoms with Crippen molar-refractivity contribution < 1.29 is 35.9 Å². The molecule has 13 heteroatoms. The van der Waals surface area contributed by atoms with Crippen LogP contribution in [0.25, 0.3) is 11.1 Å². The van der Waals surface area contributed by atoms with E-state index in [1.807, 2.05) is 6.92 Å². The Balaban J connectivity index is 1.71. The van der Waals surface area contributed by atoms with Crippen LogP contribution >= 0.6 is 0 Å². The summed E-state index contributed by atoms with van der Waals surface area (Å²) in [6.45, 7) is 1.56. The zero-order valence-electron chi connectivity index (χ0n) is 19.4. The van der Waals surface area contributed by atoms with E-state index in [0.717, 1.165) is 17.7 Å². The van der Waals surface area contributed by atoms with Gasteiger partial charge in [0.2, 0.25) is 5.82 Å². The molecule has 196 valence electrons. The predicted molar refractivity (Wildman–Crippen MR) is 120 cm³/mol. The van der Waals surface area contributed by atoms with E-state index in [-0.39, 0.29) is 41.3 Å². The number of nitrogens with one attached hydrogen (secondary N) is 2. The van der Waals surface area contributed by atoms with Gasteiger partial charge in [-0.3, -0.25) is 4.79 Å². The lowest BCUT2D eigenvalue weighted by atomic mass is 9.76. The lowest BCUT2D eigenvalue weighted by Gasteiger charge is -2.41. The summed E-state index contributed by atoms with van der Waals surface area (Å²) in [5.41, 5.74) is -1.87.